The summed E-state index contributed by atoms with van der Waals surface area (Å²) < 4.78 is 10.6. The largest absolute Gasteiger partial charge is 0.484 e. The van der Waals surface area contributed by atoms with Crippen LogP contribution in [0, 0.1) is 5.92 Å². The van der Waals surface area contributed by atoms with E-state index in [4.69, 9.17) is 9.15 Å². The second-order valence-corrected chi connectivity index (χ2v) is 7.64. The average molecular weight is 399 g/mol. The molecule has 0 saturated carbocycles. The molecule has 2 aromatic rings. The lowest BCUT2D eigenvalue weighted by Gasteiger charge is -2.35. The van der Waals surface area contributed by atoms with Gasteiger partial charge < -0.3 is 19.8 Å². The van der Waals surface area contributed by atoms with Crippen LogP contribution in [-0.2, 0) is 4.79 Å². The summed E-state index contributed by atoms with van der Waals surface area (Å²) in [5.74, 6) is 0.951. The van der Waals surface area contributed by atoms with Crippen LogP contribution in [-0.4, -0.2) is 49.0 Å². The Bertz CT molecular complexity index is 806. The third-order valence-electron chi connectivity index (χ3n) is 5.11. The highest BCUT2D eigenvalue weighted by Gasteiger charge is 2.21. The molecule has 7 nitrogen and oxygen atoms in total. The predicted molar refractivity (Wildman–Crippen MR) is 111 cm³/mol. The van der Waals surface area contributed by atoms with E-state index in [1.165, 1.54) is 19.1 Å². The molecule has 0 spiro atoms. The van der Waals surface area contributed by atoms with Crippen molar-refractivity contribution >= 4 is 17.5 Å². The van der Waals surface area contributed by atoms with Gasteiger partial charge in [0, 0.05) is 30.9 Å². The van der Waals surface area contributed by atoms with Crippen LogP contribution in [0.25, 0.3) is 0 Å². The Morgan fingerprint density at radius 2 is 2.17 bits per heavy atom. The summed E-state index contributed by atoms with van der Waals surface area (Å²) in [5, 5.41) is 5.68. The van der Waals surface area contributed by atoms with Crippen molar-refractivity contribution in [3.05, 3.63) is 48.4 Å². The summed E-state index contributed by atoms with van der Waals surface area (Å²) in [6, 6.07) is 10.5. The van der Waals surface area contributed by atoms with Gasteiger partial charge in [-0.2, -0.15) is 0 Å². The number of nitrogens with zero attached hydrogens (tertiary/aromatic N) is 1. The number of nitrogens with one attached hydrogen (secondary N) is 2. The van der Waals surface area contributed by atoms with Crippen molar-refractivity contribution in [2.45, 2.75) is 32.7 Å². The summed E-state index contributed by atoms with van der Waals surface area (Å²) >= 11 is 0. The smallest absolute Gasteiger partial charge is 0.291 e. The minimum atomic E-state index is -0.342. The summed E-state index contributed by atoms with van der Waals surface area (Å²) in [6.45, 7) is 7.13. The van der Waals surface area contributed by atoms with E-state index in [0.29, 0.717) is 29.9 Å². The molecule has 2 atom stereocenters. The van der Waals surface area contributed by atoms with Crippen LogP contribution >= 0.6 is 0 Å². The van der Waals surface area contributed by atoms with Crippen molar-refractivity contribution < 1.29 is 18.7 Å². The summed E-state index contributed by atoms with van der Waals surface area (Å²) in [6.07, 6.45) is 3.94. The van der Waals surface area contributed by atoms with Crippen molar-refractivity contribution in [2.75, 3.05) is 31.6 Å². The van der Waals surface area contributed by atoms with Gasteiger partial charge in [-0.15, -0.1) is 0 Å². The molecular weight excluding hydrogens is 370 g/mol. The number of carbonyl (C=O) groups is 2. The molecule has 0 bridgehead atoms. The van der Waals surface area contributed by atoms with Crippen molar-refractivity contribution in [3.8, 4) is 5.75 Å². The molecule has 156 valence electrons. The standard InChI is InChI=1S/C22H29N3O4/c1-16-6-4-10-25(14-16)17(2)13-23-21(26)15-29-19-8-3-7-18(12-19)24-22(27)20-9-5-11-28-20/h3,5,7-9,11-12,16-17H,4,6,10,13-15H2,1-2H3,(H,23,26)(H,24,27). The van der Waals surface area contributed by atoms with E-state index in [9.17, 15) is 9.59 Å². The number of hydrogen-bond acceptors (Lipinski definition) is 5. The number of ether oxygens (including phenoxy) is 1. The highest BCUT2D eigenvalue weighted by Crippen LogP contribution is 2.19. The Balaban J connectivity index is 1.42. The maximum atomic E-state index is 12.1. The van der Waals surface area contributed by atoms with E-state index in [-0.39, 0.29) is 24.2 Å². The molecule has 2 heterocycles. The molecule has 2 amide bonds. The number of piperidine rings is 1. The second-order valence-electron chi connectivity index (χ2n) is 7.64. The van der Waals surface area contributed by atoms with Crippen molar-refractivity contribution in [1.29, 1.82) is 0 Å². The summed E-state index contributed by atoms with van der Waals surface area (Å²) in [7, 11) is 0. The Labute approximate surface area is 171 Å². The quantitative estimate of drug-likeness (QED) is 0.712. The van der Waals surface area contributed by atoms with Crippen molar-refractivity contribution in [2.24, 2.45) is 5.92 Å². The van der Waals surface area contributed by atoms with Gasteiger partial charge >= 0.3 is 0 Å². The molecule has 1 saturated heterocycles. The van der Waals surface area contributed by atoms with Gasteiger partial charge in [0.05, 0.1) is 6.26 Å². The van der Waals surface area contributed by atoms with Crippen LogP contribution in [0.1, 0.15) is 37.2 Å². The van der Waals surface area contributed by atoms with Crippen molar-refractivity contribution in [3.63, 3.8) is 0 Å². The molecule has 2 N–H and O–H groups in total. The molecule has 1 aliphatic heterocycles. The average Bonchev–Trinajstić information content (AvgIpc) is 3.26. The third kappa shape index (κ3) is 6.35. The fourth-order valence-electron chi connectivity index (χ4n) is 3.48. The Hall–Kier alpha value is -2.80. The van der Waals surface area contributed by atoms with Gasteiger partial charge in [0.15, 0.2) is 12.4 Å². The highest BCUT2D eigenvalue weighted by molar-refractivity contribution is 6.02. The zero-order chi connectivity index (χ0) is 20.6. The number of anilines is 1. The van der Waals surface area contributed by atoms with E-state index >= 15 is 0 Å². The lowest BCUT2D eigenvalue weighted by atomic mass is 9.99. The maximum Gasteiger partial charge on any atom is 0.291 e. The van der Waals surface area contributed by atoms with E-state index in [0.717, 1.165) is 13.1 Å². The fraction of sp³-hybridized carbons (Fsp3) is 0.455. The molecule has 2 unspecified atom stereocenters. The molecule has 3 rings (SSSR count). The van der Waals surface area contributed by atoms with Gasteiger partial charge in [-0.3, -0.25) is 14.5 Å². The molecule has 0 radical (unpaired) electrons. The van der Waals surface area contributed by atoms with Crippen LogP contribution in [0.5, 0.6) is 5.75 Å². The predicted octanol–water partition coefficient (Wildman–Crippen LogP) is 3.15. The first kappa shape index (κ1) is 20.9. The van der Waals surface area contributed by atoms with Gasteiger partial charge in [0.25, 0.3) is 11.8 Å². The molecule has 7 heteroatoms. The van der Waals surface area contributed by atoms with Crippen molar-refractivity contribution in [1.82, 2.24) is 10.2 Å². The number of benzene rings is 1. The molecule has 1 aromatic heterocycles. The molecule has 29 heavy (non-hydrogen) atoms. The zero-order valence-electron chi connectivity index (χ0n) is 17.0. The van der Waals surface area contributed by atoms with E-state index in [1.807, 2.05) is 0 Å². The Morgan fingerprint density at radius 3 is 2.93 bits per heavy atom. The summed E-state index contributed by atoms with van der Waals surface area (Å²) in [5.41, 5.74) is 0.567. The third-order valence-corrected chi connectivity index (χ3v) is 5.11. The normalized spacial score (nSPS) is 18.1. The topological polar surface area (TPSA) is 83.8 Å². The Kier molecular flexibility index (Phi) is 7.30. The highest BCUT2D eigenvalue weighted by atomic mass is 16.5. The van der Waals surface area contributed by atoms with Gasteiger partial charge in [-0.05, 0) is 56.5 Å². The minimum absolute atomic E-state index is 0.0707. The first-order chi connectivity index (χ1) is 14.0. The molecule has 0 aliphatic carbocycles. The number of rotatable bonds is 8. The first-order valence-electron chi connectivity index (χ1n) is 10.1. The van der Waals surface area contributed by atoms with Gasteiger partial charge in [-0.25, -0.2) is 0 Å². The second kappa shape index (κ2) is 10.1. The molecule has 1 fully saturated rings. The lowest BCUT2D eigenvalue weighted by Crippen LogP contribution is -2.46. The maximum absolute atomic E-state index is 12.1. The fourth-order valence-corrected chi connectivity index (χ4v) is 3.48. The zero-order valence-corrected chi connectivity index (χ0v) is 17.0. The van der Waals surface area contributed by atoms with Gasteiger partial charge in [0.2, 0.25) is 0 Å². The van der Waals surface area contributed by atoms with Crippen LogP contribution in [0.4, 0.5) is 5.69 Å². The van der Waals surface area contributed by atoms with E-state index in [2.05, 4.69) is 29.4 Å². The van der Waals surface area contributed by atoms with Crippen LogP contribution in [0.15, 0.2) is 47.1 Å². The lowest BCUT2D eigenvalue weighted by molar-refractivity contribution is -0.123. The van der Waals surface area contributed by atoms with Gasteiger partial charge in [0.1, 0.15) is 5.75 Å². The SMILES string of the molecule is CC1CCCN(C(C)CNC(=O)COc2cccc(NC(=O)c3ccco3)c2)C1. The van der Waals surface area contributed by atoms with Crippen LogP contribution < -0.4 is 15.4 Å². The van der Waals surface area contributed by atoms with Crippen LogP contribution in [0.3, 0.4) is 0 Å². The van der Waals surface area contributed by atoms with Gasteiger partial charge in [-0.1, -0.05) is 13.0 Å². The monoisotopic (exact) mass is 399 g/mol. The number of carbonyl (C=O) groups excluding carboxylic acids is 2. The molecule has 1 aromatic carbocycles. The number of amides is 2. The van der Waals surface area contributed by atoms with E-state index in [1.54, 1.807) is 36.4 Å². The number of hydrogen-bond donors (Lipinski definition) is 2. The Morgan fingerprint density at radius 1 is 1.31 bits per heavy atom. The number of furan rings is 1. The molecular formula is C22H29N3O4. The number of likely N-dealkylation sites (tertiary alicyclic amines) is 1. The minimum Gasteiger partial charge on any atom is -0.484 e. The summed E-state index contributed by atoms with van der Waals surface area (Å²) in [4.78, 5) is 26.6. The van der Waals surface area contributed by atoms with E-state index < -0.39 is 0 Å². The first-order valence-corrected chi connectivity index (χ1v) is 10.1. The van der Waals surface area contributed by atoms with Crippen LogP contribution in [0.2, 0.25) is 0 Å². The molecule has 1 aliphatic rings.